The van der Waals surface area contributed by atoms with Crippen molar-refractivity contribution in [3.63, 3.8) is 0 Å². The van der Waals surface area contributed by atoms with E-state index in [4.69, 9.17) is 16.3 Å². The fourth-order valence-electron chi connectivity index (χ4n) is 2.72. The molecule has 1 aromatic carbocycles. The molecule has 104 valence electrons. The van der Waals surface area contributed by atoms with E-state index in [1.807, 2.05) is 0 Å². The molecule has 0 aromatic heterocycles. The van der Waals surface area contributed by atoms with Gasteiger partial charge in [-0.1, -0.05) is 36.9 Å². The van der Waals surface area contributed by atoms with Crippen molar-refractivity contribution in [3.8, 4) is 0 Å². The molecule has 19 heavy (non-hydrogen) atoms. The Morgan fingerprint density at radius 1 is 1.37 bits per heavy atom. The Bertz CT molecular complexity index is 467. The van der Waals surface area contributed by atoms with Gasteiger partial charge in [0.05, 0.1) is 0 Å². The Balaban J connectivity index is 2.15. The van der Waals surface area contributed by atoms with Gasteiger partial charge >= 0.3 is 0 Å². The molecular weight excluding hydrogens is 267 g/mol. The first kappa shape index (κ1) is 14.5. The van der Waals surface area contributed by atoms with Crippen LogP contribution in [0.15, 0.2) is 18.2 Å². The number of carbonyl (C=O) groups excluding carboxylic acids is 1. The summed E-state index contributed by atoms with van der Waals surface area (Å²) in [4.78, 5) is 12.4. The Hall–Kier alpha value is -0.930. The fourth-order valence-corrected chi connectivity index (χ4v) is 2.88. The Morgan fingerprint density at radius 2 is 2.05 bits per heavy atom. The van der Waals surface area contributed by atoms with Gasteiger partial charge in [0.25, 0.3) is 0 Å². The van der Waals surface area contributed by atoms with E-state index in [0.29, 0.717) is 10.6 Å². The smallest absolute Gasteiger partial charge is 0.169 e. The number of rotatable bonds is 4. The number of ether oxygens (including phenoxy) is 1. The average molecular weight is 285 g/mol. The summed E-state index contributed by atoms with van der Waals surface area (Å²) in [6.07, 6.45) is 4.64. The van der Waals surface area contributed by atoms with Crippen LogP contribution in [0.2, 0.25) is 5.02 Å². The second-order valence-electron chi connectivity index (χ2n) is 5.09. The first-order valence-corrected chi connectivity index (χ1v) is 6.97. The largest absolute Gasteiger partial charge is 0.370 e. The minimum absolute atomic E-state index is 0.0316. The third-order valence-corrected chi connectivity index (χ3v) is 4.16. The van der Waals surface area contributed by atoms with Crippen LogP contribution in [0.3, 0.4) is 0 Å². The Labute approximate surface area is 117 Å². The lowest BCUT2D eigenvalue weighted by atomic mass is 9.79. The summed E-state index contributed by atoms with van der Waals surface area (Å²) >= 11 is 5.71. The van der Waals surface area contributed by atoms with Gasteiger partial charge in [-0.05, 0) is 30.5 Å². The zero-order chi connectivity index (χ0) is 13.9. The van der Waals surface area contributed by atoms with E-state index in [1.54, 1.807) is 19.2 Å². The van der Waals surface area contributed by atoms with E-state index in [-0.39, 0.29) is 12.2 Å². The van der Waals surface area contributed by atoms with Crippen LogP contribution in [0, 0.1) is 5.82 Å². The topological polar surface area (TPSA) is 26.3 Å². The van der Waals surface area contributed by atoms with Crippen molar-refractivity contribution in [2.75, 3.05) is 7.11 Å². The van der Waals surface area contributed by atoms with Crippen LogP contribution in [0.1, 0.15) is 37.7 Å². The van der Waals surface area contributed by atoms with E-state index in [2.05, 4.69) is 0 Å². The zero-order valence-corrected chi connectivity index (χ0v) is 11.8. The average Bonchev–Trinajstić information content (AvgIpc) is 2.42. The molecule has 1 aliphatic rings. The van der Waals surface area contributed by atoms with Gasteiger partial charge in [-0.2, -0.15) is 0 Å². The number of ketones is 1. The lowest BCUT2D eigenvalue weighted by Gasteiger charge is -2.34. The zero-order valence-electron chi connectivity index (χ0n) is 11.0. The highest BCUT2D eigenvalue weighted by Crippen LogP contribution is 2.33. The van der Waals surface area contributed by atoms with E-state index in [9.17, 15) is 9.18 Å². The molecule has 4 heteroatoms. The summed E-state index contributed by atoms with van der Waals surface area (Å²) in [7, 11) is 1.57. The van der Waals surface area contributed by atoms with Crippen LogP contribution in [-0.4, -0.2) is 18.5 Å². The Morgan fingerprint density at radius 3 is 2.63 bits per heavy atom. The lowest BCUT2D eigenvalue weighted by molar-refractivity contribution is -0.144. The van der Waals surface area contributed by atoms with E-state index >= 15 is 0 Å². The predicted octanol–water partition coefficient (Wildman–Crippen LogP) is 3.94. The van der Waals surface area contributed by atoms with Crippen molar-refractivity contribution in [1.82, 2.24) is 0 Å². The van der Waals surface area contributed by atoms with Gasteiger partial charge in [-0.3, -0.25) is 4.79 Å². The molecule has 0 radical (unpaired) electrons. The van der Waals surface area contributed by atoms with E-state index in [1.165, 1.54) is 6.07 Å². The second-order valence-corrected chi connectivity index (χ2v) is 5.53. The van der Waals surface area contributed by atoms with Gasteiger partial charge in [-0.15, -0.1) is 0 Å². The van der Waals surface area contributed by atoms with Gasteiger partial charge in [0.1, 0.15) is 11.4 Å². The lowest BCUT2D eigenvalue weighted by Crippen LogP contribution is -2.43. The minimum Gasteiger partial charge on any atom is -0.370 e. The van der Waals surface area contributed by atoms with Gasteiger partial charge in [0, 0.05) is 18.6 Å². The van der Waals surface area contributed by atoms with Crippen molar-refractivity contribution in [3.05, 3.63) is 34.6 Å². The maximum atomic E-state index is 13.7. The molecule has 2 rings (SSSR count). The standard InChI is InChI=1S/C15H18ClFO2/c1-19-15(7-3-2-4-8-15)14(18)9-11-5-6-12(16)10-13(11)17/h5-6,10H,2-4,7-9H2,1H3. The molecule has 0 bridgehead atoms. The molecule has 0 N–H and O–H groups in total. The predicted molar refractivity (Wildman–Crippen MR) is 72.9 cm³/mol. The third-order valence-electron chi connectivity index (χ3n) is 3.93. The number of carbonyl (C=O) groups is 1. The molecule has 1 aliphatic carbocycles. The summed E-state index contributed by atoms with van der Waals surface area (Å²) in [5.74, 6) is -0.459. The monoisotopic (exact) mass is 284 g/mol. The summed E-state index contributed by atoms with van der Waals surface area (Å²) in [5, 5.41) is 0.341. The van der Waals surface area contributed by atoms with E-state index < -0.39 is 11.4 Å². The normalized spacial score (nSPS) is 18.3. The maximum absolute atomic E-state index is 13.7. The van der Waals surface area contributed by atoms with Gasteiger partial charge in [0.15, 0.2) is 5.78 Å². The third kappa shape index (κ3) is 3.15. The molecule has 0 amide bonds. The molecular formula is C15H18ClFO2. The first-order valence-electron chi connectivity index (χ1n) is 6.60. The summed E-state index contributed by atoms with van der Waals surface area (Å²) in [5.41, 5.74) is -0.332. The highest BCUT2D eigenvalue weighted by atomic mass is 35.5. The Kier molecular flexibility index (Phi) is 4.58. The molecule has 0 aliphatic heterocycles. The quantitative estimate of drug-likeness (QED) is 0.837. The second kappa shape index (κ2) is 6.02. The summed E-state index contributed by atoms with van der Waals surface area (Å²) in [6, 6.07) is 4.42. The van der Waals surface area contributed by atoms with Crippen molar-refractivity contribution in [2.24, 2.45) is 0 Å². The molecule has 0 saturated heterocycles. The number of Topliss-reactive ketones (excluding diaryl/α,β-unsaturated/α-hetero) is 1. The maximum Gasteiger partial charge on any atom is 0.169 e. The molecule has 1 saturated carbocycles. The van der Waals surface area contributed by atoms with Gasteiger partial charge in [-0.25, -0.2) is 4.39 Å². The number of methoxy groups -OCH3 is 1. The van der Waals surface area contributed by atoms with Crippen molar-refractivity contribution < 1.29 is 13.9 Å². The van der Waals surface area contributed by atoms with Gasteiger partial charge < -0.3 is 4.74 Å². The molecule has 0 unspecified atom stereocenters. The van der Waals surface area contributed by atoms with Gasteiger partial charge in [0.2, 0.25) is 0 Å². The number of halogens is 2. The molecule has 1 fully saturated rings. The highest BCUT2D eigenvalue weighted by Gasteiger charge is 2.39. The van der Waals surface area contributed by atoms with Crippen LogP contribution in [-0.2, 0) is 16.0 Å². The van der Waals surface area contributed by atoms with Crippen LogP contribution in [0.4, 0.5) is 4.39 Å². The van der Waals surface area contributed by atoms with Crippen LogP contribution in [0.25, 0.3) is 0 Å². The van der Waals surface area contributed by atoms with Crippen molar-refractivity contribution >= 4 is 17.4 Å². The van der Waals surface area contributed by atoms with Crippen LogP contribution in [0.5, 0.6) is 0 Å². The molecule has 1 aromatic rings. The number of hydrogen-bond donors (Lipinski definition) is 0. The van der Waals surface area contributed by atoms with Crippen molar-refractivity contribution in [1.29, 1.82) is 0 Å². The molecule has 2 nitrogen and oxygen atoms in total. The first-order chi connectivity index (χ1) is 9.07. The van der Waals surface area contributed by atoms with Crippen LogP contribution < -0.4 is 0 Å². The summed E-state index contributed by atoms with van der Waals surface area (Å²) in [6.45, 7) is 0. The number of benzene rings is 1. The van der Waals surface area contributed by atoms with Crippen molar-refractivity contribution in [2.45, 2.75) is 44.1 Å². The summed E-state index contributed by atoms with van der Waals surface area (Å²) < 4.78 is 19.2. The highest BCUT2D eigenvalue weighted by molar-refractivity contribution is 6.30. The molecule has 0 spiro atoms. The SMILES string of the molecule is COC1(C(=O)Cc2ccc(Cl)cc2F)CCCCC1. The fraction of sp³-hybridized carbons (Fsp3) is 0.533. The van der Waals surface area contributed by atoms with E-state index in [0.717, 1.165) is 32.1 Å². The molecule has 0 atom stereocenters. The van der Waals surface area contributed by atoms with Crippen LogP contribution >= 0.6 is 11.6 Å². The minimum atomic E-state index is -0.718. The molecule has 0 heterocycles. The number of hydrogen-bond acceptors (Lipinski definition) is 2.